The summed E-state index contributed by atoms with van der Waals surface area (Å²) in [6.07, 6.45) is 6.45. The Hall–Kier alpha value is -5.31. The lowest BCUT2D eigenvalue weighted by atomic mass is 9.98. The van der Waals surface area contributed by atoms with Crippen molar-refractivity contribution in [1.82, 2.24) is 39.9 Å². The van der Waals surface area contributed by atoms with Gasteiger partial charge in [-0.15, -0.1) is 17.9 Å². The first-order chi connectivity index (χ1) is 27.9. The highest BCUT2D eigenvalue weighted by Crippen LogP contribution is 2.31. The number of rotatable bonds is 10. The van der Waals surface area contributed by atoms with Crippen molar-refractivity contribution in [2.24, 2.45) is 0 Å². The molecular weight excluding hydrogens is 741 g/mol. The summed E-state index contributed by atoms with van der Waals surface area (Å²) < 4.78 is 6.83. The number of amides is 5. The molecule has 1 aromatic heterocycles. The van der Waals surface area contributed by atoms with Gasteiger partial charge in [-0.2, -0.15) is 0 Å². The Morgan fingerprint density at radius 1 is 0.912 bits per heavy atom. The van der Waals surface area contributed by atoms with Crippen LogP contribution in [0, 0.1) is 0 Å². The number of urea groups is 1. The van der Waals surface area contributed by atoms with E-state index in [0.29, 0.717) is 31.4 Å². The van der Waals surface area contributed by atoms with Crippen LogP contribution in [0.3, 0.4) is 0 Å². The molecule has 3 aromatic carbocycles. The van der Waals surface area contributed by atoms with E-state index in [4.69, 9.17) is 4.74 Å². The summed E-state index contributed by atoms with van der Waals surface area (Å²) in [7, 11) is 0. The van der Waals surface area contributed by atoms with Crippen LogP contribution >= 0.6 is 11.3 Å². The number of thiazole rings is 1. The maximum Gasteiger partial charge on any atom is 0.415 e. The summed E-state index contributed by atoms with van der Waals surface area (Å²) >= 11 is 1.54. The van der Waals surface area contributed by atoms with Gasteiger partial charge in [-0.05, 0) is 73.7 Å². The number of fused-ring (bicyclic) bond motifs is 2. The third-order valence-corrected chi connectivity index (χ3v) is 12.5. The van der Waals surface area contributed by atoms with Crippen LogP contribution in [0.1, 0.15) is 48.8 Å². The number of piperazine rings is 1. The Morgan fingerprint density at radius 2 is 1.68 bits per heavy atom. The van der Waals surface area contributed by atoms with Crippen molar-refractivity contribution >= 4 is 45.5 Å². The molecule has 4 aliphatic rings. The Labute approximate surface area is 337 Å². The van der Waals surface area contributed by atoms with Crippen molar-refractivity contribution in [2.75, 3.05) is 45.8 Å². The second-order valence-electron chi connectivity index (χ2n) is 15.3. The van der Waals surface area contributed by atoms with Crippen LogP contribution in [0.25, 0.3) is 10.2 Å². The number of hydrogen-bond acceptors (Lipinski definition) is 9. The number of aromatic nitrogens is 1. The minimum Gasteiger partial charge on any atom is -0.410 e. The van der Waals surface area contributed by atoms with Gasteiger partial charge in [0.25, 0.3) is 0 Å². The third-order valence-electron chi connectivity index (χ3n) is 11.7. The molecule has 0 bridgehead atoms. The van der Waals surface area contributed by atoms with Gasteiger partial charge >= 0.3 is 12.1 Å². The molecule has 0 radical (unpaired) electrons. The van der Waals surface area contributed by atoms with Gasteiger partial charge in [0, 0.05) is 45.2 Å². The molecule has 0 aliphatic carbocycles. The topological polar surface area (TPSA) is 122 Å². The molecule has 5 amide bonds. The molecule has 0 unspecified atom stereocenters. The van der Waals surface area contributed by atoms with Crippen LogP contribution in [0.5, 0.6) is 5.75 Å². The average Bonchev–Trinajstić information content (AvgIpc) is 3.73. The van der Waals surface area contributed by atoms with E-state index < -0.39 is 12.2 Å². The molecule has 0 spiro atoms. The van der Waals surface area contributed by atoms with Crippen LogP contribution in [-0.4, -0.2) is 123 Å². The van der Waals surface area contributed by atoms with Gasteiger partial charge in [-0.1, -0.05) is 67.1 Å². The van der Waals surface area contributed by atoms with Crippen molar-refractivity contribution in [3.63, 3.8) is 0 Å². The van der Waals surface area contributed by atoms with Crippen LogP contribution in [-0.2, 0) is 29.1 Å². The summed E-state index contributed by atoms with van der Waals surface area (Å²) in [5, 5.41) is 6.32. The van der Waals surface area contributed by atoms with E-state index in [1.54, 1.807) is 48.4 Å². The fourth-order valence-electron chi connectivity index (χ4n) is 8.76. The summed E-state index contributed by atoms with van der Waals surface area (Å²) in [4.78, 5) is 68.3. The number of ether oxygens (including phenoxy) is 1. The number of para-hydroxylation sites is 1. The van der Waals surface area contributed by atoms with Gasteiger partial charge in [0.1, 0.15) is 18.0 Å². The Kier molecular flexibility index (Phi) is 11.8. The average molecular weight is 791 g/mol. The zero-order chi connectivity index (χ0) is 39.3. The molecule has 4 aliphatic heterocycles. The molecule has 298 valence electrons. The van der Waals surface area contributed by atoms with Gasteiger partial charge in [0.2, 0.25) is 11.8 Å². The third kappa shape index (κ3) is 8.53. The molecule has 4 fully saturated rings. The largest absolute Gasteiger partial charge is 0.415 e. The maximum absolute atomic E-state index is 14.6. The Balaban J connectivity index is 1.01. The number of piperidine rings is 2. The van der Waals surface area contributed by atoms with E-state index in [0.717, 1.165) is 52.8 Å². The highest BCUT2D eigenvalue weighted by atomic mass is 32.1. The van der Waals surface area contributed by atoms with Crippen molar-refractivity contribution in [3.05, 3.63) is 108 Å². The number of carbonyl (C=O) groups is 4. The molecule has 57 heavy (non-hydrogen) atoms. The second-order valence-corrected chi connectivity index (χ2v) is 16.2. The summed E-state index contributed by atoms with van der Waals surface area (Å²) in [5.41, 5.74) is 5.24. The Morgan fingerprint density at radius 3 is 2.44 bits per heavy atom. The lowest BCUT2D eigenvalue weighted by Gasteiger charge is -2.55. The van der Waals surface area contributed by atoms with E-state index in [-0.39, 0.29) is 56.5 Å². The lowest BCUT2D eigenvalue weighted by molar-refractivity contribution is -0.189. The van der Waals surface area contributed by atoms with E-state index in [1.165, 1.54) is 30.6 Å². The van der Waals surface area contributed by atoms with E-state index >= 15 is 0 Å². The molecule has 4 aromatic rings. The zero-order valence-electron chi connectivity index (χ0n) is 32.2. The molecule has 14 heteroatoms. The fraction of sp³-hybridized carbons (Fsp3) is 0.419. The van der Waals surface area contributed by atoms with Crippen molar-refractivity contribution < 1.29 is 23.9 Å². The number of nitrogens with zero attached hydrogens (tertiary/aromatic N) is 7. The molecule has 13 nitrogen and oxygen atoms in total. The molecule has 1 N–H and O–H groups in total. The van der Waals surface area contributed by atoms with Gasteiger partial charge < -0.3 is 29.7 Å². The minimum absolute atomic E-state index is 0.0899. The van der Waals surface area contributed by atoms with Crippen molar-refractivity contribution in [3.8, 4) is 5.75 Å². The van der Waals surface area contributed by atoms with Crippen molar-refractivity contribution in [2.45, 2.75) is 69.9 Å². The number of nitrogens with one attached hydrogen (secondary N) is 1. The lowest BCUT2D eigenvalue weighted by Crippen LogP contribution is -2.76. The van der Waals surface area contributed by atoms with Crippen LogP contribution < -0.4 is 10.1 Å². The molecule has 0 saturated carbocycles. The van der Waals surface area contributed by atoms with Gasteiger partial charge in [-0.25, -0.2) is 24.6 Å². The maximum atomic E-state index is 14.6. The summed E-state index contributed by atoms with van der Waals surface area (Å²) in [5.74, 6) is -0.0385. The van der Waals surface area contributed by atoms with Crippen molar-refractivity contribution in [1.29, 1.82) is 0 Å². The molecule has 2 atom stereocenters. The van der Waals surface area contributed by atoms with E-state index in [2.05, 4.69) is 21.8 Å². The van der Waals surface area contributed by atoms with E-state index in [1.807, 2.05) is 60.7 Å². The Bertz CT molecular complexity index is 2060. The highest BCUT2D eigenvalue weighted by molar-refractivity contribution is 7.16. The first-order valence-corrected chi connectivity index (χ1v) is 20.9. The van der Waals surface area contributed by atoms with Crippen LogP contribution in [0.15, 0.2) is 91.0 Å². The van der Waals surface area contributed by atoms with Gasteiger partial charge in [0.15, 0.2) is 0 Å². The number of benzene rings is 3. The predicted molar refractivity (Wildman–Crippen MR) is 218 cm³/mol. The first-order valence-electron chi connectivity index (χ1n) is 20.0. The molecule has 4 saturated heterocycles. The van der Waals surface area contributed by atoms with Gasteiger partial charge in [-0.3, -0.25) is 9.59 Å². The minimum atomic E-state index is -0.893. The number of likely N-dealkylation sites (tertiary alicyclic amines) is 2. The van der Waals surface area contributed by atoms with Crippen LogP contribution in [0.4, 0.5) is 9.59 Å². The number of hydrogen-bond donors (Lipinski definition) is 1. The van der Waals surface area contributed by atoms with Gasteiger partial charge in [0.05, 0.1) is 28.8 Å². The van der Waals surface area contributed by atoms with Crippen LogP contribution in [0.2, 0.25) is 0 Å². The smallest absolute Gasteiger partial charge is 0.410 e. The number of hydrazine groups is 1. The zero-order valence-corrected chi connectivity index (χ0v) is 33.0. The normalized spacial score (nSPS) is 21.1. The highest BCUT2D eigenvalue weighted by Gasteiger charge is 2.51. The monoisotopic (exact) mass is 790 g/mol. The second kappa shape index (κ2) is 17.5. The van der Waals surface area contributed by atoms with E-state index in [9.17, 15) is 19.2 Å². The predicted octanol–water partition coefficient (Wildman–Crippen LogP) is 5.48. The first kappa shape index (κ1) is 38.6. The molecule has 5 heterocycles. The molecule has 8 rings (SSSR count). The molecular formula is C43H50N8O5S. The summed E-state index contributed by atoms with van der Waals surface area (Å²) in [6.45, 7) is 8.38. The summed E-state index contributed by atoms with van der Waals surface area (Å²) in [6, 6.07) is 22.0. The quantitative estimate of drug-likeness (QED) is 0.210. The SMILES string of the molecule is C=CCN1CC(=O)N2[C@@H](Cc3ccc(OC(=O)N4CCC(N5CCCCC5)CC4)cc3)C(=O)N(Cc3cccc4scnc34)C[C@@H]2N1C(=O)NCc1ccccc1. The fourth-order valence-corrected chi connectivity index (χ4v) is 9.48. The number of carbonyl (C=O) groups excluding carboxylic acids is 4. The standard InChI is InChI=1S/C43H50N8O5S/c1-2-20-49-29-39(52)50-36(25-31-14-16-35(17-15-31)56-43(55)47-23-18-34(19-24-47)46-21-7-4-8-22-46)41(53)48(27-33-12-9-13-37-40(33)45-30-57-37)28-38(50)51(49)42(54)44-26-32-10-5-3-6-11-32/h2-3,5-6,9-17,30,34,36,38H,1,4,7-8,18-29H2,(H,44,54)/t36-,38-/m0/s1.